The van der Waals surface area contributed by atoms with Crippen molar-refractivity contribution in [2.45, 2.75) is 59.2 Å². The van der Waals surface area contributed by atoms with Gasteiger partial charge in [-0.25, -0.2) is 0 Å². The fraction of sp³-hybridized carbons (Fsp3) is 1.00. The summed E-state index contributed by atoms with van der Waals surface area (Å²) < 4.78 is 0. The molecule has 0 saturated carbocycles. The van der Waals surface area contributed by atoms with Crippen molar-refractivity contribution in [1.29, 1.82) is 0 Å². The number of piperazine rings is 1. The van der Waals surface area contributed by atoms with Gasteiger partial charge in [-0.1, -0.05) is 6.92 Å². The average Bonchev–Trinajstić information content (AvgIpc) is 1.99. The van der Waals surface area contributed by atoms with Gasteiger partial charge in [0, 0.05) is 30.7 Å². The van der Waals surface area contributed by atoms with Gasteiger partial charge in [0.05, 0.1) is 0 Å². The number of hydrogen-bond acceptors (Lipinski definition) is 2. The second-order valence-electron chi connectivity index (χ2n) is 5.63. The van der Waals surface area contributed by atoms with Crippen molar-refractivity contribution >= 4 is 0 Å². The highest BCUT2D eigenvalue weighted by Crippen LogP contribution is 2.24. The van der Waals surface area contributed by atoms with E-state index < -0.39 is 0 Å². The highest BCUT2D eigenvalue weighted by molar-refractivity contribution is 4.91. The van der Waals surface area contributed by atoms with E-state index in [1.807, 2.05) is 0 Å². The number of rotatable bonds is 1. The van der Waals surface area contributed by atoms with Gasteiger partial charge in [0.1, 0.15) is 0 Å². The third-order valence-electron chi connectivity index (χ3n) is 3.22. The Morgan fingerprint density at radius 2 is 1.50 bits per heavy atom. The Labute approximate surface area is 89.3 Å². The summed E-state index contributed by atoms with van der Waals surface area (Å²) in [5.74, 6) is 0. The molecule has 0 aromatic heterocycles. The van der Waals surface area contributed by atoms with E-state index in [-0.39, 0.29) is 0 Å². The van der Waals surface area contributed by atoms with Crippen LogP contribution in [0, 0.1) is 0 Å². The highest BCUT2D eigenvalue weighted by atomic mass is 15.3. The molecule has 0 spiro atoms. The van der Waals surface area contributed by atoms with E-state index in [1.165, 1.54) is 19.6 Å². The van der Waals surface area contributed by atoms with E-state index in [1.54, 1.807) is 0 Å². The molecule has 0 aliphatic carbocycles. The van der Waals surface area contributed by atoms with Gasteiger partial charge in [0.15, 0.2) is 0 Å². The van der Waals surface area contributed by atoms with Gasteiger partial charge in [-0.2, -0.15) is 0 Å². The maximum atomic E-state index is 2.65. The Balaban J connectivity index is 2.70. The topological polar surface area (TPSA) is 6.48 Å². The smallest absolute Gasteiger partial charge is 0.0203 e. The van der Waals surface area contributed by atoms with Crippen LogP contribution in [0.3, 0.4) is 0 Å². The largest absolute Gasteiger partial charge is 0.301 e. The van der Waals surface area contributed by atoms with Crippen molar-refractivity contribution in [1.82, 2.24) is 9.80 Å². The summed E-state index contributed by atoms with van der Waals surface area (Å²) in [6.07, 6.45) is 0. The van der Waals surface area contributed by atoms with Crippen LogP contribution < -0.4 is 0 Å². The Morgan fingerprint density at radius 1 is 1.07 bits per heavy atom. The Hall–Kier alpha value is -0.0800. The molecule has 0 N–H and O–H groups in total. The van der Waals surface area contributed by atoms with Crippen LogP contribution in [0.15, 0.2) is 0 Å². The average molecular weight is 198 g/mol. The normalized spacial score (nSPS) is 32.1. The van der Waals surface area contributed by atoms with E-state index in [0.29, 0.717) is 17.6 Å². The lowest BCUT2D eigenvalue weighted by molar-refractivity contribution is -0.0206. The van der Waals surface area contributed by atoms with Gasteiger partial charge in [0.2, 0.25) is 0 Å². The van der Waals surface area contributed by atoms with Crippen LogP contribution in [0.1, 0.15) is 41.5 Å². The van der Waals surface area contributed by atoms with Crippen LogP contribution in [0.2, 0.25) is 0 Å². The Kier molecular flexibility index (Phi) is 3.59. The molecular formula is C12H26N2. The fourth-order valence-electron chi connectivity index (χ4n) is 3.01. The first-order valence-electron chi connectivity index (χ1n) is 5.87. The van der Waals surface area contributed by atoms with Crippen molar-refractivity contribution in [2.24, 2.45) is 0 Å². The molecule has 1 fully saturated rings. The molecule has 0 bridgehead atoms. The van der Waals surface area contributed by atoms with Crippen molar-refractivity contribution in [3.05, 3.63) is 0 Å². The summed E-state index contributed by atoms with van der Waals surface area (Å²) in [4.78, 5) is 5.21. The fourth-order valence-corrected chi connectivity index (χ4v) is 3.01. The molecule has 1 rings (SSSR count). The molecule has 2 atom stereocenters. The Bertz CT molecular complexity index is 171. The molecule has 0 aromatic carbocycles. The minimum absolute atomic E-state index is 0.304. The van der Waals surface area contributed by atoms with Gasteiger partial charge in [-0.15, -0.1) is 0 Å². The van der Waals surface area contributed by atoms with Crippen LogP contribution in [0.5, 0.6) is 0 Å². The lowest BCUT2D eigenvalue weighted by Crippen LogP contribution is -2.62. The Morgan fingerprint density at radius 3 is 1.79 bits per heavy atom. The lowest BCUT2D eigenvalue weighted by Gasteiger charge is -2.50. The second kappa shape index (κ2) is 4.19. The minimum atomic E-state index is 0.304. The minimum Gasteiger partial charge on any atom is -0.301 e. The highest BCUT2D eigenvalue weighted by Gasteiger charge is 2.35. The molecule has 84 valence electrons. The molecule has 2 nitrogen and oxygen atoms in total. The molecule has 1 saturated heterocycles. The van der Waals surface area contributed by atoms with Crippen molar-refractivity contribution in [2.75, 3.05) is 19.6 Å². The number of likely N-dealkylation sites (N-methyl/N-ethyl adjacent to an activating group) is 1. The SMILES string of the molecule is CCN1CC(C)N(C(C)(C)C)C(C)C1. The molecule has 1 heterocycles. The monoisotopic (exact) mass is 198 g/mol. The van der Waals surface area contributed by atoms with Gasteiger partial charge >= 0.3 is 0 Å². The third-order valence-corrected chi connectivity index (χ3v) is 3.22. The zero-order valence-electron chi connectivity index (χ0n) is 10.7. The molecule has 0 radical (unpaired) electrons. The van der Waals surface area contributed by atoms with Crippen LogP contribution in [-0.4, -0.2) is 47.1 Å². The van der Waals surface area contributed by atoms with Crippen molar-refractivity contribution in [3.8, 4) is 0 Å². The van der Waals surface area contributed by atoms with Gasteiger partial charge in [-0.05, 0) is 41.2 Å². The molecule has 2 unspecified atom stereocenters. The standard InChI is InChI=1S/C12H26N2/c1-7-13-8-10(2)14(11(3)9-13)12(4,5)6/h10-11H,7-9H2,1-6H3. The predicted octanol–water partition coefficient (Wildman–Crippen LogP) is 2.20. The van der Waals surface area contributed by atoms with E-state index in [4.69, 9.17) is 0 Å². The van der Waals surface area contributed by atoms with Gasteiger partial charge < -0.3 is 4.90 Å². The van der Waals surface area contributed by atoms with Crippen LogP contribution in [-0.2, 0) is 0 Å². The van der Waals surface area contributed by atoms with E-state index in [0.717, 1.165) is 0 Å². The van der Waals surface area contributed by atoms with Gasteiger partial charge in [0.25, 0.3) is 0 Å². The van der Waals surface area contributed by atoms with Crippen molar-refractivity contribution in [3.63, 3.8) is 0 Å². The molecule has 0 aromatic rings. The molecule has 1 aliphatic heterocycles. The van der Waals surface area contributed by atoms with Crippen molar-refractivity contribution < 1.29 is 0 Å². The zero-order valence-corrected chi connectivity index (χ0v) is 10.7. The maximum absolute atomic E-state index is 2.65. The van der Waals surface area contributed by atoms with Crippen LogP contribution in [0.25, 0.3) is 0 Å². The summed E-state index contributed by atoms with van der Waals surface area (Å²) in [6.45, 7) is 17.5. The summed E-state index contributed by atoms with van der Waals surface area (Å²) in [5.41, 5.74) is 0.304. The van der Waals surface area contributed by atoms with Crippen LogP contribution >= 0.6 is 0 Å². The zero-order chi connectivity index (χ0) is 10.9. The second-order valence-corrected chi connectivity index (χ2v) is 5.63. The van der Waals surface area contributed by atoms with E-state index >= 15 is 0 Å². The first kappa shape index (κ1) is 12.0. The van der Waals surface area contributed by atoms with E-state index in [9.17, 15) is 0 Å². The quantitative estimate of drug-likeness (QED) is 0.637. The summed E-state index contributed by atoms with van der Waals surface area (Å²) in [6, 6.07) is 1.36. The predicted molar refractivity (Wildman–Crippen MR) is 62.6 cm³/mol. The lowest BCUT2D eigenvalue weighted by atomic mass is 9.97. The molecular weight excluding hydrogens is 172 g/mol. The van der Waals surface area contributed by atoms with Gasteiger partial charge in [-0.3, -0.25) is 4.90 Å². The summed E-state index contributed by atoms with van der Waals surface area (Å²) in [7, 11) is 0. The molecule has 0 amide bonds. The van der Waals surface area contributed by atoms with E-state index in [2.05, 4.69) is 51.3 Å². The first-order chi connectivity index (χ1) is 6.36. The third kappa shape index (κ3) is 2.48. The molecule has 14 heavy (non-hydrogen) atoms. The first-order valence-corrected chi connectivity index (χ1v) is 5.87. The van der Waals surface area contributed by atoms with Crippen LogP contribution in [0.4, 0.5) is 0 Å². The summed E-state index contributed by atoms with van der Waals surface area (Å²) in [5, 5.41) is 0. The maximum Gasteiger partial charge on any atom is 0.0203 e. The molecule has 2 heteroatoms. The number of hydrogen-bond donors (Lipinski definition) is 0. The number of nitrogens with zero attached hydrogens (tertiary/aromatic N) is 2. The molecule has 1 aliphatic rings. The summed E-state index contributed by atoms with van der Waals surface area (Å²) >= 11 is 0.